The number of hydrogen-bond acceptors (Lipinski definition) is 2. The van der Waals surface area contributed by atoms with Crippen molar-refractivity contribution in [3.8, 4) is 0 Å². The first-order valence-corrected chi connectivity index (χ1v) is 5.86. The van der Waals surface area contributed by atoms with Crippen molar-refractivity contribution in [1.82, 2.24) is 10.6 Å². The lowest BCUT2D eigenvalue weighted by Crippen LogP contribution is -2.20. The molecule has 0 atom stereocenters. The second kappa shape index (κ2) is 7.17. The van der Waals surface area contributed by atoms with Crippen molar-refractivity contribution in [2.75, 3.05) is 0 Å². The Balaban J connectivity index is 2.44. The Morgan fingerprint density at radius 2 is 1.83 bits per heavy atom. The van der Waals surface area contributed by atoms with E-state index in [1.807, 2.05) is 31.2 Å². The SMILES string of the molecule is C=C/C=C(\C)NC(=C)C(=C)NCc1ccccc1. The standard InChI is InChI=1S/C16H20N2/c1-5-9-13(2)18-15(4)14(3)17-12-16-10-7-6-8-11-16/h5-11,17-18H,1,3-4,12H2,2H3/b13-9+. The van der Waals surface area contributed by atoms with Crippen molar-refractivity contribution in [3.05, 3.63) is 84.9 Å². The van der Waals surface area contributed by atoms with Gasteiger partial charge in [-0.1, -0.05) is 56.1 Å². The third-order valence-electron chi connectivity index (χ3n) is 2.43. The Kier molecular flexibility index (Phi) is 5.52. The van der Waals surface area contributed by atoms with E-state index in [9.17, 15) is 0 Å². The molecular formula is C16H20N2. The van der Waals surface area contributed by atoms with Crippen LogP contribution in [0.1, 0.15) is 12.5 Å². The van der Waals surface area contributed by atoms with E-state index in [0.717, 1.165) is 23.6 Å². The molecule has 0 fully saturated rings. The van der Waals surface area contributed by atoms with Crippen LogP contribution >= 0.6 is 0 Å². The van der Waals surface area contributed by atoms with Crippen LogP contribution in [0.25, 0.3) is 0 Å². The zero-order valence-corrected chi connectivity index (χ0v) is 10.9. The third kappa shape index (κ3) is 4.74. The van der Waals surface area contributed by atoms with Crippen LogP contribution in [0.3, 0.4) is 0 Å². The van der Waals surface area contributed by atoms with Crippen LogP contribution in [0.4, 0.5) is 0 Å². The highest BCUT2D eigenvalue weighted by Crippen LogP contribution is 2.04. The second-order valence-electron chi connectivity index (χ2n) is 4.01. The fraction of sp³-hybridized carbons (Fsp3) is 0.125. The molecule has 2 N–H and O–H groups in total. The summed E-state index contributed by atoms with van der Waals surface area (Å²) in [5.74, 6) is 0. The van der Waals surface area contributed by atoms with Gasteiger partial charge in [-0.15, -0.1) is 0 Å². The van der Waals surface area contributed by atoms with Gasteiger partial charge in [-0.25, -0.2) is 0 Å². The molecule has 2 nitrogen and oxygen atoms in total. The van der Waals surface area contributed by atoms with Crippen LogP contribution < -0.4 is 10.6 Å². The highest BCUT2D eigenvalue weighted by Gasteiger charge is 1.99. The summed E-state index contributed by atoms with van der Waals surface area (Å²) in [7, 11) is 0. The molecule has 0 saturated carbocycles. The zero-order chi connectivity index (χ0) is 13.4. The van der Waals surface area contributed by atoms with E-state index in [2.05, 4.69) is 42.5 Å². The molecule has 0 bridgehead atoms. The fourth-order valence-electron chi connectivity index (χ4n) is 1.44. The highest BCUT2D eigenvalue weighted by atomic mass is 15.0. The molecule has 0 heterocycles. The van der Waals surface area contributed by atoms with Crippen LogP contribution in [0.5, 0.6) is 0 Å². The van der Waals surface area contributed by atoms with Crippen LogP contribution in [0.15, 0.2) is 79.3 Å². The number of allylic oxidation sites excluding steroid dienone is 3. The Morgan fingerprint density at radius 1 is 1.17 bits per heavy atom. The predicted octanol–water partition coefficient (Wildman–Crippen LogP) is 3.48. The van der Waals surface area contributed by atoms with Crippen molar-refractivity contribution in [3.63, 3.8) is 0 Å². The molecule has 0 unspecified atom stereocenters. The summed E-state index contributed by atoms with van der Waals surface area (Å²) in [4.78, 5) is 0. The minimum absolute atomic E-state index is 0.741. The quantitative estimate of drug-likeness (QED) is 0.713. The molecule has 0 aliphatic heterocycles. The predicted molar refractivity (Wildman–Crippen MR) is 78.7 cm³/mol. The Labute approximate surface area is 109 Å². The summed E-state index contributed by atoms with van der Waals surface area (Å²) in [6.07, 6.45) is 3.62. The van der Waals surface area contributed by atoms with E-state index in [-0.39, 0.29) is 0 Å². The van der Waals surface area contributed by atoms with Gasteiger partial charge in [0.1, 0.15) is 0 Å². The lowest BCUT2D eigenvalue weighted by molar-refractivity contribution is 0.797. The van der Waals surface area contributed by atoms with Crippen molar-refractivity contribution < 1.29 is 0 Å². The maximum Gasteiger partial charge on any atom is 0.0538 e. The first-order valence-electron chi connectivity index (χ1n) is 5.86. The van der Waals surface area contributed by atoms with Gasteiger partial charge in [0.25, 0.3) is 0 Å². The normalized spacial score (nSPS) is 10.6. The first kappa shape index (κ1) is 13.8. The molecule has 18 heavy (non-hydrogen) atoms. The van der Waals surface area contributed by atoms with E-state index in [1.165, 1.54) is 5.56 Å². The Bertz CT molecular complexity index is 455. The van der Waals surface area contributed by atoms with Gasteiger partial charge in [0.2, 0.25) is 0 Å². The highest BCUT2D eigenvalue weighted by molar-refractivity contribution is 5.27. The number of benzene rings is 1. The Morgan fingerprint density at radius 3 is 2.44 bits per heavy atom. The average molecular weight is 240 g/mol. The van der Waals surface area contributed by atoms with Gasteiger partial charge in [0.15, 0.2) is 0 Å². The molecule has 2 heteroatoms. The van der Waals surface area contributed by atoms with Gasteiger partial charge in [-0.2, -0.15) is 0 Å². The average Bonchev–Trinajstić information content (AvgIpc) is 2.37. The van der Waals surface area contributed by atoms with Gasteiger partial charge < -0.3 is 10.6 Å². The molecule has 0 aliphatic rings. The summed E-state index contributed by atoms with van der Waals surface area (Å²) in [6.45, 7) is 14.2. The second-order valence-corrected chi connectivity index (χ2v) is 4.01. The minimum Gasteiger partial charge on any atom is -0.380 e. The third-order valence-corrected chi connectivity index (χ3v) is 2.43. The molecule has 1 aromatic carbocycles. The first-order chi connectivity index (χ1) is 8.63. The summed E-state index contributed by atoms with van der Waals surface area (Å²) >= 11 is 0. The zero-order valence-electron chi connectivity index (χ0n) is 10.9. The number of nitrogens with one attached hydrogen (secondary N) is 2. The monoisotopic (exact) mass is 240 g/mol. The number of rotatable bonds is 7. The largest absolute Gasteiger partial charge is 0.380 e. The van der Waals surface area contributed by atoms with Crippen LogP contribution in [-0.2, 0) is 6.54 Å². The molecule has 0 spiro atoms. The summed E-state index contributed by atoms with van der Waals surface area (Å²) < 4.78 is 0. The van der Waals surface area contributed by atoms with Gasteiger partial charge in [0, 0.05) is 12.2 Å². The lowest BCUT2D eigenvalue weighted by Gasteiger charge is -2.14. The molecule has 94 valence electrons. The van der Waals surface area contributed by atoms with Gasteiger partial charge in [0.05, 0.1) is 11.4 Å². The van der Waals surface area contributed by atoms with E-state index >= 15 is 0 Å². The molecule has 0 amide bonds. The van der Waals surface area contributed by atoms with Crippen molar-refractivity contribution in [2.45, 2.75) is 13.5 Å². The van der Waals surface area contributed by atoms with E-state index in [1.54, 1.807) is 6.08 Å². The molecule has 0 saturated heterocycles. The summed E-state index contributed by atoms with van der Waals surface area (Å²) in [5, 5.41) is 6.39. The van der Waals surface area contributed by atoms with Gasteiger partial charge >= 0.3 is 0 Å². The molecule has 1 aromatic rings. The van der Waals surface area contributed by atoms with Crippen LogP contribution in [0, 0.1) is 0 Å². The topological polar surface area (TPSA) is 24.1 Å². The summed E-state index contributed by atoms with van der Waals surface area (Å²) in [6, 6.07) is 10.2. The minimum atomic E-state index is 0.741. The fourth-order valence-corrected chi connectivity index (χ4v) is 1.44. The molecular weight excluding hydrogens is 220 g/mol. The maximum absolute atomic E-state index is 3.96. The molecule has 0 aliphatic carbocycles. The molecule has 0 aromatic heterocycles. The van der Waals surface area contributed by atoms with Crippen LogP contribution in [0.2, 0.25) is 0 Å². The van der Waals surface area contributed by atoms with E-state index in [0.29, 0.717) is 0 Å². The Hall–Kier alpha value is -2.22. The van der Waals surface area contributed by atoms with Crippen molar-refractivity contribution in [2.24, 2.45) is 0 Å². The molecule has 0 radical (unpaired) electrons. The van der Waals surface area contributed by atoms with Crippen LogP contribution in [-0.4, -0.2) is 0 Å². The molecule has 1 rings (SSSR count). The number of hydrogen-bond donors (Lipinski definition) is 2. The summed E-state index contributed by atoms with van der Waals surface area (Å²) in [5.41, 5.74) is 3.75. The smallest absolute Gasteiger partial charge is 0.0538 e. The lowest BCUT2D eigenvalue weighted by atomic mass is 10.2. The van der Waals surface area contributed by atoms with Gasteiger partial charge in [-0.05, 0) is 18.6 Å². The maximum atomic E-state index is 3.96. The van der Waals surface area contributed by atoms with Gasteiger partial charge in [-0.3, -0.25) is 0 Å². The van der Waals surface area contributed by atoms with Crippen molar-refractivity contribution >= 4 is 0 Å². The van der Waals surface area contributed by atoms with E-state index in [4.69, 9.17) is 0 Å². The van der Waals surface area contributed by atoms with E-state index < -0.39 is 0 Å². The van der Waals surface area contributed by atoms with Crippen molar-refractivity contribution in [1.29, 1.82) is 0 Å².